The first kappa shape index (κ1) is 12.2. The summed E-state index contributed by atoms with van der Waals surface area (Å²) in [5.41, 5.74) is -0.509. The van der Waals surface area contributed by atoms with Crippen molar-refractivity contribution in [3.05, 3.63) is 0 Å². The smallest absolute Gasteiger partial charge is 0.316 e. The van der Waals surface area contributed by atoms with Crippen LogP contribution in [-0.4, -0.2) is 17.4 Å². The van der Waals surface area contributed by atoms with Gasteiger partial charge in [-0.15, -0.1) is 0 Å². The summed E-state index contributed by atoms with van der Waals surface area (Å²) >= 11 is 0. The molecule has 0 aromatic rings. The van der Waals surface area contributed by atoms with Crippen molar-refractivity contribution >= 4 is 11.8 Å². The molecule has 1 aliphatic carbocycles. The number of esters is 1. The van der Waals surface area contributed by atoms with E-state index >= 15 is 0 Å². The number of Topliss-reactive ketones (excluding diaryl/α,β-unsaturated/α-hetero) is 1. The number of hydrogen-bond acceptors (Lipinski definition) is 3. The number of ether oxygens (including phenoxy) is 1. The lowest BCUT2D eigenvalue weighted by molar-refractivity contribution is -0.161. The van der Waals surface area contributed by atoms with Crippen LogP contribution in [-0.2, 0) is 14.3 Å². The summed E-state index contributed by atoms with van der Waals surface area (Å²) in [6.45, 7) is 7.06. The monoisotopic (exact) mass is 212 g/mol. The summed E-state index contributed by atoms with van der Waals surface area (Å²) in [7, 11) is 0. The minimum atomic E-state index is -0.607. The number of carbonyl (C=O) groups is 2. The molecule has 0 spiro atoms. The predicted octanol–water partition coefficient (Wildman–Crippen LogP) is 2.33. The Labute approximate surface area is 91.2 Å². The van der Waals surface area contributed by atoms with Crippen LogP contribution in [0.2, 0.25) is 0 Å². The number of carbonyl (C=O) groups excluding carboxylic acids is 2. The Kier molecular flexibility index (Phi) is 3.53. The van der Waals surface area contributed by atoms with Gasteiger partial charge >= 0.3 is 5.97 Å². The molecule has 0 amide bonds. The van der Waals surface area contributed by atoms with Gasteiger partial charge < -0.3 is 4.74 Å². The fourth-order valence-electron chi connectivity index (χ4n) is 1.30. The number of hydrogen-bond donors (Lipinski definition) is 0. The van der Waals surface area contributed by atoms with Gasteiger partial charge in [0, 0.05) is 6.42 Å². The van der Waals surface area contributed by atoms with Crippen LogP contribution in [0.5, 0.6) is 0 Å². The summed E-state index contributed by atoms with van der Waals surface area (Å²) in [5, 5.41) is 0. The largest absolute Gasteiger partial charge is 0.459 e. The maximum atomic E-state index is 11.6. The lowest BCUT2D eigenvalue weighted by Gasteiger charge is -2.21. The quantitative estimate of drug-likeness (QED) is 0.530. The average Bonchev–Trinajstić information content (AvgIpc) is 2.83. The molecule has 1 unspecified atom stereocenters. The molecule has 3 heteroatoms. The molecule has 86 valence electrons. The van der Waals surface area contributed by atoms with Gasteiger partial charge in [0.25, 0.3) is 0 Å². The summed E-state index contributed by atoms with van der Waals surface area (Å²) in [4.78, 5) is 23.2. The van der Waals surface area contributed by atoms with Crippen molar-refractivity contribution in [1.82, 2.24) is 0 Å². The van der Waals surface area contributed by atoms with Gasteiger partial charge in [-0.05, 0) is 46.5 Å². The average molecular weight is 212 g/mol. The van der Waals surface area contributed by atoms with E-state index in [4.69, 9.17) is 4.74 Å². The second-order valence-corrected chi connectivity index (χ2v) is 5.37. The predicted molar refractivity (Wildman–Crippen MR) is 57.4 cm³/mol. The van der Waals surface area contributed by atoms with E-state index in [1.54, 1.807) is 6.92 Å². The Bertz CT molecular complexity index is 259. The molecule has 1 saturated carbocycles. The molecule has 3 nitrogen and oxygen atoms in total. The van der Waals surface area contributed by atoms with Crippen molar-refractivity contribution in [2.45, 2.75) is 52.6 Å². The Hall–Kier alpha value is -0.860. The van der Waals surface area contributed by atoms with Crippen LogP contribution in [0.3, 0.4) is 0 Å². The molecule has 0 saturated heterocycles. The van der Waals surface area contributed by atoms with Gasteiger partial charge in [-0.25, -0.2) is 0 Å². The maximum absolute atomic E-state index is 11.6. The van der Waals surface area contributed by atoms with Gasteiger partial charge in [0.15, 0.2) is 0 Å². The van der Waals surface area contributed by atoms with E-state index in [0.717, 1.165) is 12.8 Å². The highest BCUT2D eigenvalue weighted by molar-refractivity contribution is 5.98. The van der Waals surface area contributed by atoms with Crippen LogP contribution in [0.1, 0.15) is 47.0 Å². The third kappa shape index (κ3) is 4.45. The Balaban J connectivity index is 2.40. The Morgan fingerprint density at radius 2 is 1.87 bits per heavy atom. The second kappa shape index (κ2) is 4.33. The van der Waals surface area contributed by atoms with Crippen LogP contribution < -0.4 is 0 Å². The van der Waals surface area contributed by atoms with Gasteiger partial charge in [0.1, 0.15) is 17.3 Å². The molecule has 1 aliphatic rings. The lowest BCUT2D eigenvalue weighted by Crippen LogP contribution is -2.31. The van der Waals surface area contributed by atoms with Crippen molar-refractivity contribution in [3.8, 4) is 0 Å². The number of ketones is 1. The zero-order valence-electron chi connectivity index (χ0n) is 10.0. The molecule has 0 heterocycles. The standard InChI is InChI=1S/C12H20O3/c1-8(10(13)7-9-5-6-9)11(14)15-12(2,3)4/h8-9H,5-7H2,1-4H3. The van der Waals surface area contributed by atoms with E-state index in [-0.39, 0.29) is 5.78 Å². The molecule has 15 heavy (non-hydrogen) atoms. The molecule has 1 atom stereocenters. The molecular formula is C12H20O3. The van der Waals surface area contributed by atoms with E-state index in [1.165, 1.54) is 0 Å². The zero-order valence-corrected chi connectivity index (χ0v) is 10.0. The third-order valence-electron chi connectivity index (χ3n) is 2.43. The van der Waals surface area contributed by atoms with Gasteiger partial charge in [-0.3, -0.25) is 9.59 Å². The van der Waals surface area contributed by atoms with Crippen LogP contribution in [0.25, 0.3) is 0 Å². The van der Waals surface area contributed by atoms with Crippen LogP contribution in [0, 0.1) is 11.8 Å². The molecule has 0 N–H and O–H groups in total. The number of rotatable bonds is 4. The molecule has 1 fully saturated rings. The van der Waals surface area contributed by atoms with Crippen LogP contribution >= 0.6 is 0 Å². The van der Waals surface area contributed by atoms with E-state index in [9.17, 15) is 9.59 Å². The maximum Gasteiger partial charge on any atom is 0.316 e. The summed E-state index contributed by atoms with van der Waals surface area (Å²) in [6.07, 6.45) is 2.81. The molecule has 0 aromatic heterocycles. The normalized spacial score (nSPS) is 18.4. The van der Waals surface area contributed by atoms with E-state index in [1.807, 2.05) is 20.8 Å². The zero-order chi connectivity index (χ0) is 11.6. The SMILES string of the molecule is CC(C(=O)CC1CC1)C(=O)OC(C)(C)C. The highest BCUT2D eigenvalue weighted by Gasteiger charge is 2.31. The van der Waals surface area contributed by atoms with Crippen molar-refractivity contribution in [2.24, 2.45) is 11.8 Å². The van der Waals surface area contributed by atoms with Crippen molar-refractivity contribution < 1.29 is 14.3 Å². The Morgan fingerprint density at radius 3 is 2.27 bits per heavy atom. The van der Waals surface area contributed by atoms with E-state index in [2.05, 4.69) is 0 Å². The van der Waals surface area contributed by atoms with Crippen LogP contribution in [0.15, 0.2) is 0 Å². The van der Waals surface area contributed by atoms with Gasteiger partial charge in [-0.2, -0.15) is 0 Å². The summed E-state index contributed by atoms with van der Waals surface area (Å²) in [5.74, 6) is -0.452. The van der Waals surface area contributed by atoms with E-state index in [0.29, 0.717) is 12.3 Å². The van der Waals surface area contributed by atoms with Crippen LogP contribution in [0.4, 0.5) is 0 Å². The highest BCUT2D eigenvalue weighted by atomic mass is 16.6. The lowest BCUT2D eigenvalue weighted by atomic mass is 10.0. The minimum Gasteiger partial charge on any atom is -0.459 e. The molecule has 0 bridgehead atoms. The van der Waals surface area contributed by atoms with Gasteiger partial charge in [-0.1, -0.05) is 0 Å². The summed E-state index contributed by atoms with van der Waals surface area (Å²) < 4.78 is 5.16. The molecule has 1 rings (SSSR count). The third-order valence-corrected chi connectivity index (χ3v) is 2.43. The first-order chi connectivity index (χ1) is 6.79. The molecule has 0 aliphatic heterocycles. The fourth-order valence-corrected chi connectivity index (χ4v) is 1.30. The summed E-state index contributed by atoms with van der Waals surface area (Å²) in [6, 6.07) is 0. The molecular weight excluding hydrogens is 192 g/mol. The fraction of sp³-hybridized carbons (Fsp3) is 0.833. The molecule has 0 aromatic carbocycles. The van der Waals surface area contributed by atoms with Crippen molar-refractivity contribution in [1.29, 1.82) is 0 Å². The van der Waals surface area contributed by atoms with Gasteiger partial charge in [0.05, 0.1) is 0 Å². The first-order valence-corrected chi connectivity index (χ1v) is 5.55. The minimum absolute atomic E-state index is 0.0201. The highest BCUT2D eigenvalue weighted by Crippen LogP contribution is 2.33. The van der Waals surface area contributed by atoms with Gasteiger partial charge in [0.2, 0.25) is 0 Å². The topological polar surface area (TPSA) is 43.4 Å². The van der Waals surface area contributed by atoms with E-state index < -0.39 is 17.5 Å². The van der Waals surface area contributed by atoms with Crippen molar-refractivity contribution in [2.75, 3.05) is 0 Å². The Morgan fingerprint density at radius 1 is 1.33 bits per heavy atom. The van der Waals surface area contributed by atoms with Crippen molar-refractivity contribution in [3.63, 3.8) is 0 Å². The first-order valence-electron chi connectivity index (χ1n) is 5.55. The second-order valence-electron chi connectivity index (χ2n) is 5.37. The molecule has 0 radical (unpaired) electrons.